The first-order chi connectivity index (χ1) is 9.65. The van der Waals surface area contributed by atoms with Crippen LogP contribution in [0.5, 0.6) is 5.75 Å². The summed E-state index contributed by atoms with van der Waals surface area (Å²) in [5.74, 6) is 0.898. The molecule has 1 N–H and O–H groups in total. The van der Waals surface area contributed by atoms with Crippen molar-refractivity contribution in [2.45, 2.75) is 19.4 Å². The zero-order valence-electron chi connectivity index (χ0n) is 12.1. The Morgan fingerprint density at radius 2 is 1.95 bits per heavy atom. The molecule has 0 saturated heterocycles. The second kappa shape index (κ2) is 6.78. The predicted octanol–water partition coefficient (Wildman–Crippen LogP) is 4.16. The van der Waals surface area contributed by atoms with E-state index in [2.05, 4.69) is 23.5 Å². The highest BCUT2D eigenvalue weighted by Gasteiger charge is 2.15. The van der Waals surface area contributed by atoms with Gasteiger partial charge in [-0.05, 0) is 43.7 Å². The highest BCUT2D eigenvalue weighted by molar-refractivity contribution is 6.31. The monoisotopic (exact) mass is 289 g/mol. The standard InChI is InChI=1S/C17H20ClNO/c1-12-8-9-13(15(18)10-12)11-16(19-2)14-6-4-5-7-17(14)20-3/h4-10,16,19H,11H2,1-3H3. The maximum Gasteiger partial charge on any atom is 0.123 e. The minimum absolute atomic E-state index is 0.173. The van der Waals surface area contributed by atoms with Crippen LogP contribution in [0.4, 0.5) is 0 Å². The third kappa shape index (κ3) is 3.33. The Balaban J connectivity index is 2.29. The summed E-state index contributed by atoms with van der Waals surface area (Å²) in [6, 6.07) is 14.4. The lowest BCUT2D eigenvalue weighted by atomic mass is 9.97. The number of para-hydroxylation sites is 1. The van der Waals surface area contributed by atoms with Gasteiger partial charge in [0.1, 0.15) is 5.75 Å². The van der Waals surface area contributed by atoms with Crippen molar-refractivity contribution in [3.8, 4) is 5.75 Å². The van der Waals surface area contributed by atoms with Crippen LogP contribution in [0.15, 0.2) is 42.5 Å². The summed E-state index contributed by atoms with van der Waals surface area (Å²) < 4.78 is 5.44. The maximum atomic E-state index is 6.33. The SMILES string of the molecule is CNC(Cc1ccc(C)cc1Cl)c1ccccc1OC. The number of halogens is 1. The van der Waals surface area contributed by atoms with Crippen molar-refractivity contribution in [3.05, 3.63) is 64.2 Å². The van der Waals surface area contributed by atoms with E-state index in [1.54, 1.807) is 7.11 Å². The molecule has 106 valence electrons. The van der Waals surface area contributed by atoms with E-state index in [4.69, 9.17) is 16.3 Å². The second-order valence-electron chi connectivity index (χ2n) is 4.88. The average molecular weight is 290 g/mol. The van der Waals surface area contributed by atoms with E-state index in [1.807, 2.05) is 38.2 Å². The van der Waals surface area contributed by atoms with Crippen LogP contribution in [-0.2, 0) is 6.42 Å². The van der Waals surface area contributed by atoms with Crippen molar-refractivity contribution < 1.29 is 4.74 Å². The van der Waals surface area contributed by atoms with Gasteiger partial charge in [-0.3, -0.25) is 0 Å². The summed E-state index contributed by atoms with van der Waals surface area (Å²) >= 11 is 6.33. The van der Waals surface area contributed by atoms with E-state index in [0.29, 0.717) is 0 Å². The van der Waals surface area contributed by atoms with Crippen LogP contribution in [0.1, 0.15) is 22.7 Å². The summed E-state index contributed by atoms with van der Waals surface area (Å²) in [5.41, 5.74) is 3.47. The summed E-state index contributed by atoms with van der Waals surface area (Å²) in [6.07, 6.45) is 0.829. The van der Waals surface area contributed by atoms with E-state index in [-0.39, 0.29) is 6.04 Å². The third-order valence-electron chi connectivity index (χ3n) is 3.50. The molecule has 0 bridgehead atoms. The topological polar surface area (TPSA) is 21.3 Å². The summed E-state index contributed by atoms with van der Waals surface area (Å²) in [4.78, 5) is 0. The molecule has 0 amide bonds. The zero-order chi connectivity index (χ0) is 14.5. The Bertz CT molecular complexity index is 583. The Morgan fingerprint density at radius 3 is 2.60 bits per heavy atom. The van der Waals surface area contributed by atoms with Crippen LogP contribution in [0.3, 0.4) is 0 Å². The Hall–Kier alpha value is -1.51. The number of nitrogens with one attached hydrogen (secondary N) is 1. The quantitative estimate of drug-likeness (QED) is 0.892. The molecule has 1 unspecified atom stereocenters. The van der Waals surface area contributed by atoms with Gasteiger partial charge in [0, 0.05) is 16.6 Å². The van der Waals surface area contributed by atoms with Crippen molar-refractivity contribution in [2.24, 2.45) is 0 Å². The Labute approximate surface area is 125 Å². The van der Waals surface area contributed by atoms with Crippen molar-refractivity contribution in [2.75, 3.05) is 14.2 Å². The van der Waals surface area contributed by atoms with E-state index in [9.17, 15) is 0 Å². The lowest BCUT2D eigenvalue weighted by Gasteiger charge is -2.20. The molecular formula is C17H20ClNO. The van der Waals surface area contributed by atoms with Crippen molar-refractivity contribution in [1.29, 1.82) is 0 Å². The second-order valence-corrected chi connectivity index (χ2v) is 5.29. The van der Waals surface area contributed by atoms with Gasteiger partial charge in [0.15, 0.2) is 0 Å². The number of rotatable bonds is 5. The first-order valence-corrected chi connectivity index (χ1v) is 7.08. The molecule has 0 aliphatic carbocycles. The number of ether oxygens (including phenoxy) is 1. The molecule has 0 aromatic heterocycles. The molecule has 0 spiro atoms. The third-order valence-corrected chi connectivity index (χ3v) is 3.85. The molecule has 0 aliphatic heterocycles. The normalized spacial score (nSPS) is 12.2. The van der Waals surface area contributed by atoms with Gasteiger partial charge in [0.25, 0.3) is 0 Å². The summed E-state index contributed by atoms with van der Waals surface area (Å²) in [6.45, 7) is 2.05. The molecule has 0 aliphatic rings. The van der Waals surface area contributed by atoms with Crippen molar-refractivity contribution in [1.82, 2.24) is 5.32 Å². The Kier molecular flexibility index (Phi) is 5.05. The number of hydrogen-bond donors (Lipinski definition) is 1. The molecule has 0 fully saturated rings. The lowest BCUT2D eigenvalue weighted by molar-refractivity contribution is 0.401. The van der Waals surface area contributed by atoms with Gasteiger partial charge < -0.3 is 10.1 Å². The zero-order valence-corrected chi connectivity index (χ0v) is 12.9. The smallest absolute Gasteiger partial charge is 0.123 e. The highest BCUT2D eigenvalue weighted by atomic mass is 35.5. The van der Waals surface area contributed by atoms with Gasteiger partial charge in [-0.1, -0.05) is 41.9 Å². The van der Waals surface area contributed by atoms with E-state index < -0.39 is 0 Å². The fourth-order valence-electron chi connectivity index (χ4n) is 2.36. The van der Waals surface area contributed by atoms with E-state index in [0.717, 1.165) is 28.3 Å². The maximum absolute atomic E-state index is 6.33. The first-order valence-electron chi connectivity index (χ1n) is 6.71. The van der Waals surface area contributed by atoms with Crippen LogP contribution < -0.4 is 10.1 Å². The fraction of sp³-hybridized carbons (Fsp3) is 0.294. The number of methoxy groups -OCH3 is 1. The van der Waals surface area contributed by atoms with Gasteiger partial charge in [0.2, 0.25) is 0 Å². The lowest BCUT2D eigenvalue weighted by Crippen LogP contribution is -2.19. The van der Waals surface area contributed by atoms with Gasteiger partial charge in [-0.15, -0.1) is 0 Å². The number of benzene rings is 2. The molecule has 2 nitrogen and oxygen atoms in total. The van der Waals surface area contributed by atoms with Gasteiger partial charge in [0.05, 0.1) is 7.11 Å². The molecule has 2 aromatic carbocycles. The summed E-state index contributed by atoms with van der Waals surface area (Å²) in [7, 11) is 3.66. The Morgan fingerprint density at radius 1 is 1.20 bits per heavy atom. The van der Waals surface area contributed by atoms with Gasteiger partial charge in [-0.25, -0.2) is 0 Å². The van der Waals surface area contributed by atoms with Gasteiger partial charge in [-0.2, -0.15) is 0 Å². The molecule has 2 rings (SSSR count). The number of aryl methyl sites for hydroxylation is 1. The largest absolute Gasteiger partial charge is 0.496 e. The van der Waals surface area contributed by atoms with Crippen LogP contribution in [0.2, 0.25) is 5.02 Å². The molecular weight excluding hydrogens is 270 g/mol. The van der Waals surface area contributed by atoms with E-state index in [1.165, 1.54) is 5.56 Å². The average Bonchev–Trinajstić information content (AvgIpc) is 2.46. The number of hydrogen-bond acceptors (Lipinski definition) is 2. The van der Waals surface area contributed by atoms with Crippen LogP contribution in [-0.4, -0.2) is 14.2 Å². The number of likely N-dealkylation sites (N-methyl/N-ethyl adjacent to an activating group) is 1. The molecule has 20 heavy (non-hydrogen) atoms. The first kappa shape index (κ1) is 14.9. The molecule has 1 atom stereocenters. The van der Waals surface area contributed by atoms with Crippen LogP contribution in [0, 0.1) is 6.92 Å². The predicted molar refractivity (Wildman–Crippen MR) is 84.7 cm³/mol. The fourth-order valence-corrected chi connectivity index (χ4v) is 2.67. The van der Waals surface area contributed by atoms with Crippen LogP contribution >= 0.6 is 11.6 Å². The molecule has 0 radical (unpaired) electrons. The summed E-state index contributed by atoms with van der Waals surface area (Å²) in [5, 5.41) is 4.16. The van der Waals surface area contributed by atoms with Crippen molar-refractivity contribution >= 4 is 11.6 Å². The molecule has 0 heterocycles. The van der Waals surface area contributed by atoms with E-state index >= 15 is 0 Å². The highest BCUT2D eigenvalue weighted by Crippen LogP contribution is 2.29. The minimum Gasteiger partial charge on any atom is -0.496 e. The molecule has 3 heteroatoms. The van der Waals surface area contributed by atoms with Crippen LogP contribution in [0.25, 0.3) is 0 Å². The molecule has 0 saturated carbocycles. The molecule has 2 aromatic rings. The van der Waals surface area contributed by atoms with Gasteiger partial charge >= 0.3 is 0 Å². The minimum atomic E-state index is 0.173. The van der Waals surface area contributed by atoms with Crippen molar-refractivity contribution in [3.63, 3.8) is 0 Å².